The number of hydrogen-bond donors (Lipinski definition) is 1. The third kappa shape index (κ3) is 1.56. The summed E-state index contributed by atoms with van der Waals surface area (Å²) in [6.45, 7) is 0.225. The Morgan fingerprint density at radius 1 is 1.43 bits per heavy atom. The van der Waals surface area contributed by atoms with Gasteiger partial charge in [-0.15, -0.1) is 0 Å². The highest BCUT2D eigenvalue weighted by Gasteiger charge is 2.25. The highest BCUT2D eigenvalue weighted by molar-refractivity contribution is 5.85. The summed E-state index contributed by atoms with van der Waals surface area (Å²) < 4.78 is 10.8. The first kappa shape index (κ1) is 9.02. The minimum absolute atomic E-state index is 0.0177. The summed E-state index contributed by atoms with van der Waals surface area (Å²) in [6.07, 6.45) is -0.560. The van der Waals surface area contributed by atoms with Crippen LogP contribution in [0.2, 0.25) is 0 Å². The second-order valence-corrected chi connectivity index (χ2v) is 3.03. The molecule has 1 aromatic rings. The van der Waals surface area contributed by atoms with Crippen molar-refractivity contribution >= 4 is 5.78 Å². The normalized spacial score (nSPS) is 19.1. The molecular weight excluding hydrogens is 182 g/mol. The van der Waals surface area contributed by atoms with E-state index in [-0.39, 0.29) is 18.9 Å². The highest BCUT2D eigenvalue weighted by atomic mass is 16.6. The van der Waals surface area contributed by atoms with Gasteiger partial charge in [0.05, 0.1) is 6.54 Å². The molecule has 0 amide bonds. The lowest BCUT2D eigenvalue weighted by molar-refractivity contribution is -0.126. The molecule has 0 aliphatic carbocycles. The lowest BCUT2D eigenvalue weighted by atomic mass is 10.2. The van der Waals surface area contributed by atoms with Crippen molar-refractivity contribution in [2.75, 3.05) is 13.2 Å². The van der Waals surface area contributed by atoms with Crippen LogP contribution in [-0.4, -0.2) is 25.0 Å². The van der Waals surface area contributed by atoms with Crippen molar-refractivity contribution in [3.63, 3.8) is 0 Å². The lowest BCUT2D eigenvalue weighted by Gasteiger charge is -2.24. The number of nitrogens with two attached hydrogens (primary N) is 1. The van der Waals surface area contributed by atoms with Gasteiger partial charge in [-0.2, -0.15) is 0 Å². The number of ether oxygens (including phenoxy) is 2. The molecule has 0 bridgehead atoms. The Morgan fingerprint density at radius 2 is 2.14 bits per heavy atom. The maximum absolute atomic E-state index is 11.2. The Kier molecular flexibility index (Phi) is 2.37. The van der Waals surface area contributed by atoms with Gasteiger partial charge in [-0.25, -0.2) is 0 Å². The average molecular weight is 193 g/mol. The molecule has 74 valence electrons. The smallest absolute Gasteiger partial charge is 0.192 e. The zero-order valence-corrected chi connectivity index (χ0v) is 7.60. The van der Waals surface area contributed by atoms with Gasteiger partial charge in [0, 0.05) is 0 Å². The number of carbonyl (C=O) groups is 1. The summed E-state index contributed by atoms with van der Waals surface area (Å²) in [5.41, 5.74) is 5.24. The second kappa shape index (κ2) is 3.67. The standard InChI is InChI=1S/C10H11NO3/c11-5-7(12)10-6-13-8-3-1-2-4-9(8)14-10/h1-4,10H,5-6,11H2. The van der Waals surface area contributed by atoms with Crippen LogP contribution >= 0.6 is 0 Å². The number of hydrogen-bond acceptors (Lipinski definition) is 4. The van der Waals surface area contributed by atoms with Gasteiger partial charge in [-0.3, -0.25) is 4.79 Å². The highest BCUT2D eigenvalue weighted by Crippen LogP contribution is 2.30. The molecule has 0 radical (unpaired) electrons. The maximum atomic E-state index is 11.2. The summed E-state index contributed by atoms with van der Waals surface area (Å²) in [5.74, 6) is 1.14. The monoisotopic (exact) mass is 193 g/mol. The molecule has 1 aliphatic rings. The largest absolute Gasteiger partial charge is 0.485 e. The molecule has 1 aromatic carbocycles. The van der Waals surface area contributed by atoms with Gasteiger partial charge in [-0.1, -0.05) is 12.1 Å². The van der Waals surface area contributed by atoms with Crippen LogP contribution in [0.3, 0.4) is 0 Å². The van der Waals surface area contributed by atoms with E-state index in [0.717, 1.165) is 0 Å². The SMILES string of the molecule is NCC(=O)C1COc2ccccc2O1. The molecule has 0 fully saturated rings. The van der Waals surface area contributed by atoms with E-state index in [0.29, 0.717) is 11.5 Å². The van der Waals surface area contributed by atoms with Crippen molar-refractivity contribution in [3.05, 3.63) is 24.3 Å². The Bertz CT molecular complexity index is 351. The molecule has 2 rings (SSSR count). The fourth-order valence-corrected chi connectivity index (χ4v) is 1.31. The van der Waals surface area contributed by atoms with Crippen LogP contribution in [-0.2, 0) is 4.79 Å². The van der Waals surface area contributed by atoms with Crippen LogP contribution in [0.15, 0.2) is 24.3 Å². The Balaban J connectivity index is 2.17. The number of fused-ring (bicyclic) bond motifs is 1. The molecule has 1 aliphatic heterocycles. The summed E-state index contributed by atoms with van der Waals surface area (Å²) in [6, 6.07) is 7.26. The van der Waals surface area contributed by atoms with E-state index < -0.39 is 6.10 Å². The molecule has 1 atom stereocenters. The van der Waals surface area contributed by atoms with Gasteiger partial charge in [0.15, 0.2) is 23.4 Å². The van der Waals surface area contributed by atoms with E-state index in [4.69, 9.17) is 15.2 Å². The second-order valence-electron chi connectivity index (χ2n) is 3.03. The molecule has 0 saturated carbocycles. The van der Waals surface area contributed by atoms with Crippen LogP contribution in [0.5, 0.6) is 11.5 Å². The number of benzene rings is 1. The number of carbonyl (C=O) groups excluding carboxylic acids is 1. The summed E-state index contributed by atoms with van der Waals surface area (Å²) in [7, 11) is 0. The number of rotatable bonds is 2. The molecular formula is C10H11NO3. The van der Waals surface area contributed by atoms with E-state index in [2.05, 4.69) is 0 Å². The fourth-order valence-electron chi connectivity index (χ4n) is 1.31. The topological polar surface area (TPSA) is 61.6 Å². The number of para-hydroxylation sites is 2. The Labute approximate surface area is 81.6 Å². The van der Waals surface area contributed by atoms with Crippen LogP contribution in [0.25, 0.3) is 0 Å². The average Bonchev–Trinajstić information content (AvgIpc) is 2.27. The van der Waals surface area contributed by atoms with Crippen molar-refractivity contribution in [2.45, 2.75) is 6.10 Å². The lowest BCUT2D eigenvalue weighted by Crippen LogP contribution is -2.39. The van der Waals surface area contributed by atoms with Crippen LogP contribution in [0.1, 0.15) is 0 Å². The third-order valence-corrected chi connectivity index (χ3v) is 2.07. The Morgan fingerprint density at radius 3 is 2.86 bits per heavy atom. The van der Waals surface area contributed by atoms with Gasteiger partial charge in [-0.05, 0) is 12.1 Å². The van der Waals surface area contributed by atoms with E-state index in [1.807, 2.05) is 12.1 Å². The van der Waals surface area contributed by atoms with Crippen molar-refractivity contribution < 1.29 is 14.3 Å². The van der Waals surface area contributed by atoms with E-state index in [1.165, 1.54) is 0 Å². The summed E-state index contributed by atoms with van der Waals surface area (Å²) in [4.78, 5) is 11.2. The zero-order chi connectivity index (χ0) is 9.97. The quantitative estimate of drug-likeness (QED) is 0.736. The van der Waals surface area contributed by atoms with Crippen molar-refractivity contribution in [3.8, 4) is 11.5 Å². The first-order valence-electron chi connectivity index (χ1n) is 4.42. The summed E-state index contributed by atoms with van der Waals surface area (Å²) in [5, 5.41) is 0. The van der Waals surface area contributed by atoms with Crippen molar-refractivity contribution in [1.29, 1.82) is 0 Å². The summed E-state index contributed by atoms with van der Waals surface area (Å²) >= 11 is 0. The molecule has 0 aromatic heterocycles. The maximum Gasteiger partial charge on any atom is 0.192 e. The van der Waals surface area contributed by atoms with Crippen LogP contribution in [0.4, 0.5) is 0 Å². The van der Waals surface area contributed by atoms with Crippen LogP contribution in [0, 0.1) is 0 Å². The van der Waals surface area contributed by atoms with Gasteiger partial charge < -0.3 is 15.2 Å². The molecule has 1 unspecified atom stereocenters. The van der Waals surface area contributed by atoms with Gasteiger partial charge in [0.2, 0.25) is 0 Å². The first-order chi connectivity index (χ1) is 6.81. The molecule has 0 saturated heterocycles. The zero-order valence-electron chi connectivity index (χ0n) is 7.60. The molecule has 2 N–H and O–H groups in total. The van der Waals surface area contributed by atoms with Gasteiger partial charge in [0.25, 0.3) is 0 Å². The minimum Gasteiger partial charge on any atom is -0.485 e. The number of ketones is 1. The van der Waals surface area contributed by atoms with E-state index in [1.54, 1.807) is 12.1 Å². The predicted octanol–water partition coefficient (Wildman–Crippen LogP) is 0.354. The molecule has 1 heterocycles. The molecule has 4 nitrogen and oxygen atoms in total. The van der Waals surface area contributed by atoms with E-state index in [9.17, 15) is 4.79 Å². The molecule has 0 spiro atoms. The fraction of sp³-hybridized carbons (Fsp3) is 0.300. The first-order valence-corrected chi connectivity index (χ1v) is 4.42. The van der Waals surface area contributed by atoms with Crippen molar-refractivity contribution in [2.24, 2.45) is 5.73 Å². The van der Waals surface area contributed by atoms with E-state index >= 15 is 0 Å². The minimum atomic E-state index is -0.560. The molecule has 14 heavy (non-hydrogen) atoms. The predicted molar refractivity (Wildman–Crippen MR) is 50.4 cm³/mol. The number of Topliss-reactive ketones (excluding diaryl/α,β-unsaturated/α-hetero) is 1. The third-order valence-electron chi connectivity index (χ3n) is 2.07. The van der Waals surface area contributed by atoms with Gasteiger partial charge >= 0.3 is 0 Å². The van der Waals surface area contributed by atoms with Crippen molar-refractivity contribution in [1.82, 2.24) is 0 Å². The Hall–Kier alpha value is -1.55. The van der Waals surface area contributed by atoms with Gasteiger partial charge in [0.1, 0.15) is 6.61 Å². The molecule has 4 heteroatoms. The van der Waals surface area contributed by atoms with Crippen LogP contribution < -0.4 is 15.2 Å².